The molecule has 210 valence electrons. The number of carbonyl (C=O) groups excluding carboxylic acids is 4. The molecule has 0 bridgehead atoms. The number of likely N-dealkylation sites (tertiary alicyclic amines) is 2. The molecular formula is C29H33ClN6O4. The van der Waals surface area contributed by atoms with Crippen LogP contribution in [0.2, 0.25) is 5.02 Å². The molecule has 10 nitrogen and oxygen atoms in total. The molecule has 40 heavy (non-hydrogen) atoms. The fourth-order valence-corrected chi connectivity index (χ4v) is 5.77. The summed E-state index contributed by atoms with van der Waals surface area (Å²) in [5.41, 5.74) is 8.60. The zero-order chi connectivity index (χ0) is 28.4. The SMILES string of the molecule is Cc1cc(C(=O)NC(CCC(=O)N2CCC[C@@H]2C(N)=O)c2nc3ccc(Cl)cc3[nH]2)ccc1C(=O)N1CCCC1. The standard InChI is InChI=1S/C29H33ClN6O4/c1-17-15-18(6-8-20(17)29(40)35-12-2-3-13-35)28(39)34-22(27-32-21-9-7-19(30)16-23(21)33-27)10-11-25(37)36-14-4-5-24(36)26(31)38/h6-9,15-16,22,24H,2-5,10-14H2,1H3,(H2,31,38)(H,32,33)(H,34,39)/t22?,24-/m1/s1. The van der Waals surface area contributed by atoms with Crippen LogP contribution in [0.5, 0.6) is 0 Å². The highest BCUT2D eigenvalue weighted by Gasteiger charge is 2.33. The summed E-state index contributed by atoms with van der Waals surface area (Å²) in [6, 6.07) is 9.10. The van der Waals surface area contributed by atoms with E-state index in [2.05, 4.69) is 15.3 Å². The Hall–Kier alpha value is -3.92. The van der Waals surface area contributed by atoms with Crippen molar-refractivity contribution >= 4 is 46.3 Å². The van der Waals surface area contributed by atoms with E-state index in [1.165, 1.54) is 4.90 Å². The van der Waals surface area contributed by atoms with Crippen LogP contribution in [0.4, 0.5) is 0 Å². The lowest BCUT2D eigenvalue weighted by Crippen LogP contribution is -2.44. The van der Waals surface area contributed by atoms with Gasteiger partial charge in [-0.2, -0.15) is 0 Å². The highest BCUT2D eigenvalue weighted by atomic mass is 35.5. The van der Waals surface area contributed by atoms with Gasteiger partial charge in [0.1, 0.15) is 11.9 Å². The van der Waals surface area contributed by atoms with Crippen LogP contribution in [-0.2, 0) is 9.59 Å². The van der Waals surface area contributed by atoms with Crippen LogP contribution in [-0.4, -0.2) is 69.1 Å². The molecule has 2 aliphatic rings. The van der Waals surface area contributed by atoms with E-state index in [-0.39, 0.29) is 30.6 Å². The third-order valence-electron chi connectivity index (χ3n) is 7.76. The fraction of sp³-hybridized carbons (Fsp3) is 0.414. The Morgan fingerprint density at radius 2 is 1.88 bits per heavy atom. The topological polar surface area (TPSA) is 141 Å². The van der Waals surface area contributed by atoms with Crippen molar-refractivity contribution in [2.24, 2.45) is 5.73 Å². The van der Waals surface area contributed by atoms with E-state index in [9.17, 15) is 19.2 Å². The number of amides is 4. The summed E-state index contributed by atoms with van der Waals surface area (Å²) in [6.07, 6.45) is 3.63. The van der Waals surface area contributed by atoms with Crippen LogP contribution in [0.1, 0.15) is 76.7 Å². The molecule has 3 heterocycles. The third-order valence-corrected chi connectivity index (χ3v) is 7.99. The average Bonchev–Trinajstić information content (AvgIpc) is 3.70. The number of aryl methyl sites for hydroxylation is 1. The molecule has 2 fully saturated rings. The van der Waals surface area contributed by atoms with Crippen LogP contribution in [0.25, 0.3) is 11.0 Å². The summed E-state index contributed by atoms with van der Waals surface area (Å²) in [7, 11) is 0. The number of aromatic nitrogens is 2. The van der Waals surface area contributed by atoms with Gasteiger partial charge in [-0.25, -0.2) is 4.98 Å². The molecule has 11 heteroatoms. The summed E-state index contributed by atoms with van der Waals surface area (Å²) in [5.74, 6) is -0.582. The zero-order valence-electron chi connectivity index (χ0n) is 22.4. The molecule has 2 saturated heterocycles. The van der Waals surface area contributed by atoms with Gasteiger partial charge < -0.3 is 25.8 Å². The lowest BCUT2D eigenvalue weighted by Gasteiger charge is -2.23. The number of nitrogens with two attached hydrogens (primary N) is 1. The Kier molecular flexibility index (Phi) is 8.07. The number of nitrogens with zero attached hydrogens (tertiary/aromatic N) is 3. The molecule has 1 aromatic heterocycles. The Labute approximate surface area is 237 Å². The number of rotatable bonds is 8. The maximum Gasteiger partial charge on any atom is 0.254 e. The smallest absolute Gasteiger partial charge is 0.254 e. The maximum absolute atomic E-state index is 13.4. The molecule has 5 rings (SSSR count). The van der Waals surface area contributed by atoms with Gasteiger partial charge in [0.15, 0.2) is 0 Å². The van der Waals surface area contributed by atoms with Crippen molar-refractivity contribution in [2.45, 2.75) is 57.5 Å². The summed E-state index contributed by atoms with van der Waals surface area (Å²) in [6.45, 7) is 3.81. The summed E-state index contributed by atoms with van der Waals surface area (Å²) >= 11 is 6.15. The lowest BCUT2D eigenvalue weighted by atomic mass is 10.0. The number of nitrogens with one attached hydrogen (secondary N) is 2. The molecule has 4 amide bonds. The van der Waals surface area contributed by atoms with Gasteiger partial charge in [-0.1, -0.05) is 11.6 Å². The first-order chi connectivity index (χ1) is 19.2. The molecular weight excluding hydrogens is 532 g/mol. The predicted octanol–water partition coefficient (Wildman–Crippen LogP) is 3.49. The van der Waals surface area contributed by atoms with Crippen LogP contribution < -0.4 is 11.1 Å². The second kappa shape index (κ2) is 11.7. The Bertz CT molecular complexity index is 1460. The van der Waals surface area contributed by atoms with Crippen molar-refractivity contribution in [1.29, 1.82) is 0 Å². The highest BCUT2D eigenvalue weighted by molar-refractivity contribution is 6.31. The minimum atomic E-state index is -0.622. The quantitative estimate of drug-likeness (QED) is 0.384. The predicted molar refractivity (Wildman–Crippen MR) is 151 cm³/mol. The molecule has 0 aliphatic carbocycles. The molecule has 0 spiro atoms. The second-order valence-corrected chi connectivity index (χ2v) is 11.0. The first kappa shape index (κ1) is 27.6. The van der Waals surface area contributed by atoms with Gasteiger partial charge in [0.25, 0.3) is 11.8 Å². The number of benzene rings is 2. The molecule has 2 atom stereocenters. The molecule has 0 saturated carbocycles. The normalized spacial score (nSPS) is 17.8. The minimum Gasteiger partial charge on any atom is -0.368 e. The molecule has 1 unspecified atom stereocenters. The van der Waals surface area contributed by atoms with Crippen LogP contribution in [0.15, 0.2) is 36.4 Å². The van der Waals surface area contributed by atoms with Crippen LogP contribution >= 0.6 is 11.6 Å². The molecule has 3 aromatic rings. The average molecular weight is 565 g/mol. The van der Waals surface area contributed by atoms with Gasteiger partial charge >= 0.3 is 0 Å². The van der Waals surface area contributed by atoms with Crippen molar-refractivity contribution < 1.29 is 19.2 Å². The number of hydrogen-bond acceptors (Lipinski definition) is 5. The number of fused-ring (bicyclic) bond motifs is 1. The van der Waals surface area contributed by atoms with Crippen LogP contribution in [0.3, 0.4) is 0 Å². The summed E-state index contributed by atoms with van der Waals surface area (Å²) in [5, 5.41) is 3.56. The van der Waals surface area contributed by atoms with Gasteiger partial charge in [0, 0.05) is 42.2 Å². The summed E-state index contributed by atoms with van der Waals surface area (Å²) in [4.78, 5) is 62.4. The second-order valence-electron chi connectivity index (χ2n) is 10.5. The van der Waals surface area contributed by atoms with E-state index in [1.807, 2.05) is 11.8 Å². The fourth-order valence-electron chi connectivity index (χ4n) is 5.59. The first-order valence-electron chi connectivity index (χ1n) is 13.7. The number of imidazole rings is 1. The van der Waals surface area contributed by atoms with Gasteiger partial charge in [-0.15, -0.1) is 0 Å². The highest BCUT2D eigenvalue weighted by Crippen LogP contribution is 2.25. The number of hydrogen-bond donors (Lipinski definition) is 3. The Morgan fingerprint density at radius 3 is 2.60 bits per heavy atom. The maximum atomic E-state index is 13.4. The third kappa shape index (κ3) is 5.82. The van der Waals surface area contributed by atoms with Gasteiger partial charge in [0.05, 0.1) is 17.1 Å². The molecule has 0 radical (unpaired) electrons. The van der Waals surface area contributed by atoms with Crippen LogP contribution in [0, 0.1) is 6.92 Å². The Morgan fingerprint density at radius 1 is 1.10 bits per heavy atom. The van der Waals surface area contributed by atoms with Gasteiger partial charge in [-0.3, -0.25) is 19.2 Å². The van der Waals surface area contributed by atoms with Gasteiger partial charge in [-0.05, 0) is 81.0 Å². The minimum absolute atomic E-state index is 0.0181. The van der Waals surface area contributed by atoms with E-state index in [1.54, 1.807) is 36.4 Å². The van der Waals surface area contributed by atoms with Crippen molar-refractivity contribution in [3.8, 4) is 0 Å². The molecule has 2 aromatic carbocycles. The summed E-state index contributed by atoms with van der Waals surface area (Å²) < 4.78 is 0. The largest absolute Gasteiger partial charge is 0.368 e. The molecule has 4 N–H and O–H groups in total. The number of carbonyl (C=O) groups is 4. The number of halogens is 1. The van der Waals surface area contributed by atoms with E-state index < -0.39 is 18.0 Å². The monoisotopic (exact) mass is 564 g/mol. The number of aromatic amines is 1. The van der Waals surface area contributed by atoms with E-state index >= 15 is 0 Å². The number of H-pyrrole nitrogens is 1. The van der Waals surface area contributed by atoms with E-state index in [4.69, 9.17) is 17.3 Å². The zero-order valence-corrected chi connectivity index (χ0v) is 23.2. The van der Waals surface area contributed by atoms with Gasteiger partial charge in [0.2, 0.25) is 11.8 Å². The number of primary amides is 1. The van der Waals surface area contributed by atoms with Crippen molar-refractivity contribution in [3.63, 3.8) is 0 Å². The Balaban J connectivity index is 1.35. The lowest BCUT2D eigenvalue weighted by molar-refractivity contribution is -0.137. The first-order valence-corrected chi connectivity index (χ1v) is 14.0. The van der Waals surface area contributed by atoms with E-state index in [0.29, 0.717) is 46.0 Å². The van der Waals surface area contributed by atoms with E-state index in [0.717, 1.165) is 37.9 Å². The molecule has 2 aliphatic heterocycles. The van der Waals surface area contributed by atoms with Crippen molar-refractivity contribution in [1.82, 2.24) is 25.1 Å². The van der Waals surface area contributed by atoms with Crippen molar-refractivity contribution in [2.75, 3.05) is 19.6 Å². The van der Waals surface area contributed by atoms with Crippen molar-refractivity contribution in [3.05, 3.63) is 63.9 Å².